The number of ether oxygens (including phenoxy) is 1. The van der Waals surface area contributed by atoms with Gasteiger partial charge in [0.25, 0.3) is 0 Å². The number of rotatable bonds is 4. The Morgan fingerprint density at radius 1 is 1.44 bits per heavy atom. The lowest BCUT2D eigenvalue weighted by Gasteiger charge is -2.12. The van der Waals surface area contributed by atoms with Crippen molar-refractivity contribution in [2.75, 3.05) is 0 Å². The third kappa shape index (κ3) is 2.66. The summed E-state index contributed by atoms with van der Waals surface area (Å²) in [4.78, 5) is 0. The number of hydrogen-bond acceptors (Lipinski definition) is 3. The second-order valence-corrected chi connectivity index (χ2v) is 4.53. The third-order valence-electron chi connectivity index (χ3n) is 2.73. The summed E-state index contributed by atoms with van der Waals surface area (Å²) in [5.74, 6) is 0.653. The first kappa shape index (κ1) is 12.9. The number of nitrogens with zero attached hydrogens (tertiary/aromatic N) is 2. The van der Waals surface area contributed by atoms with Crippen molar-refractivity contribution in [1.29, 1.82) is 0 Å². The zero-order valence-electron chi connectivity index (χ0n) is 10.5. The standard InChI is InChI=1S/C13H16ClN3O/c1-9-6-11(17(2)16-9)8-18-13-10(7-15)4-3-5-12(13)14/h3-6H,7-8,15H2,1-2H3. The first-order valence-electron chi connectivity index (χ1n) is 5.71. The highest BCUT2D eigenvalue weighted by atomic mass is 35.5. The maximum atomic E-state index is 6.12. The molecule has 0 unspecified atom stereocenters. The van der Waals surface area contributed by atoms with E-state index in [9.17, 15) is 0 Å². The molecule has 4 nitrogen and oxygen atoms in total. The van der Waals surface area contributed by atoms with Crippen LogP contribution in [0.15, 0.2) is 24.3 Å². The number of hydrogen-bond donors (Lipinski definition) is 1. The molecule has 0 aliphatic carbocycles. The molecule has 96 valence electrons. The zero-order valence-corrected chi connectivity index (χ0v) is 11.2. The van der Waals surface area contributed by atoms with Crippen LogP contribution in [0.5, 0.6) is 5.75 Å². The lowest BCUT2D eigenvalue weighted by atomic mass is 10.2. The summed E-state index contributed by atoms with van der Waals surface area (Å²) in [7, 11) is 1.89. The Morgan fingerprint density at radius 2 is 2.22 bits per heavy atom. The highest BCUT2D eigenvalue weighted by Crippen LogP contribution is 2.29. The Hall–Kier alpha value is -1.52. The van der Waals surface area contributed by atoms with Crippen LogP contribution >= 0.6 is 11.6 Å². The molecule has 18 heavy (non-hydrogen) atoms. The lowest BCUT2D eigenvalue weighted by molar-refractivity contribution is 0.292. The summed E-state index contributed by atoms with van der Waals surface area (Å²) in [6.45, 7) is 2.78. The van der Waals surface area contributed by atoms with Crippen LogP contribution in [0.4, 0.5) is 0 Å². The smallest absolute Gasteiger partial charge is 0.142 e. The van der Waals surface area contributed by atoms with Crippen LogP contribution in [-0.2, 0) is 20.2 Å². The van der Waals surface area contributed by atoms with E-state index in [1.54, 1.807) is 10.7 Å². The number of aryl methyl sites for hydroxylation is 2. The molecule has 0 amide bonds. The van der Waals surface area contributed by atoms with Gasteiger partial charge in [-0.25, -0.2) is 0 Å². The molecule has 0 bridgehead atoms. The molecular weight excluding hydrogens is 250 g/mol. The summed E-state index contributed by atoms with van der Waals surface area (Å²) in [6, 6.07) is 7.56. The highest BCUT2D eigenvalue weighted by molar-refractivity contribution is 6.32. The van der Waals surface area contributed by atoms with Gasteiger partial charge in [-0.15, -0.1) is 0 Å². The van der Waals surface area contributed by atoms with Gasteiger partial charge < -0.3 is 10.5 Å². The number of nitrogens with two attached hydrogens (primary N) is 1. The van der Waals surface area contributed by atoms with E-state index in [2.05, 4.69) is 5.10 Å². The molecule has 0 aliphatic rings. The molecule has 1 aromatic heterocycles. The molecule has 1 heterocycles. The summed E-state index contributed by atoms with van der Waals surface area (Å²) in [5, 5.41) is 4.85. The molecule has 2 N–H and O–H groups in total. The Labute approximate surface area is 111 Å². The Bertz CT molecular complexity index is 551. The van der Waals surface area contributed by atoms with E-state index in [0.29, 0.717) is 23.9 Å². The van der Waals surface area contributed by atoms with E-state index in [1.165, 1.54) is 0 Å². The summed E-state index contributed by atoms with van der Waals surface area (Å²) in [6.07, 6.45) is 0. The molecule has 1 aromatic carbocycles. The average Bonchev–Trinajstić information content (AvgIpc) is 2.66. The van der Waals surface area contributed by atoms with Gasteiger partial charge in [-0.3, -0.25) is 4.68 Å². The molecule has 0 aliphatic heterocycles. The third-order valence-corrected chi connectivity index (χ3v) is 3.03. The largest absolute Gasteiger partial charge is 0.485 e. The maximum Gasteiger partial charge on any atom is 0.142 e. The molecule has 0 spiro atoms. The van der Waals surface area contributed by atoms with Crippen molar-refractivity contribution >= 4 is 11.6 Å². The van der Waals surface area contributed by atoms with E-state index in [1.807, 2.05) is 32.2 Å². The molecule has 2 rings (SSSR count). The van der Waals surface area contributed by atoms with E-state index in [4.69, 9.17) is 22.1 Å². The van der Waals surface area contributed by atoms with Gasteiger partial charge >= 0.3 is 0 Å². The number of halogens is 1. The molecule has 0 saturated heterocycles. The van der Waals surface area contributed by atoms with Crippen molar-refractivity contribution in [3.8, 4) is 5.75 Å². The molecule has 0 saturated carbocycles. The maximum absolute atomic E-state index is 6.12. The van der Waals surface area contributed by atoms with Gasteiger partial charge in [0, 0.05) is 19.2 Å². The van der Waals surface area contributed by atoms with Crippen molar-refractivity contribution in [1.82, 2.24) is 9.78 Å². The van der Waals surface area contributed by atoms with Crippen LogP contribution in [0, 0.1) is 6.92 Å². The molecule has 0 fully saturated rings. The van der Waals surface area contributed by atoms with Crippen molar-refractivity contribution < 1.29 is 4.74 Å². The van der Waals surface area contributed by atoms with Gasteiger partial charge in [0.2, 0.25) is 0 Å². The van der Waals surface area contributed by atoms with Crippen LogP contribution in [0.3, 0.4) is 0 Å². The fraction of sp³-hybridized carbons (Fsp3) is 0.308. The van der Waals surface area contributed by atoms with Crippen molar-refractivity contribution in [2.24, 2.45) is 12.8 Å². The predicted octanol–water partition coefficient (Wildman–Crippen LogP) is 2.42. The molecule has 0 radical (unpaired) electrons. The predicted molar refractivity (Wildman–Crippen MR) is 71.6 cm³/mol. The molecule has 5 heteroatoms. The van der Waals surface area contributed by atoms with Crippen LogP contribution < -0.4 is 10.5 Å². The van der Waals surface area contributed by atoms with Crippen molar-refractivity contribution in [3.63, 3.8) is 0 Å². The lowest BCUT2D eigenvalue weighted by Crippen LogP contribution is -2.06. The first-order valence-corrected chi connectivity index (χ1v) is 6.09. The van der Waals surface area contributed by atoms with Crippen molar-refractivity contribution in [2.45, 2.75) is 20.1 Å². The SMILES string of the molecule is Cc1cc(COc2c(Cl)cccc2CN)n(C)n1. The van der Waals surface area contributed by atoms with Crippen LogP contribution in [-0.4, -0.2) is 9.78 Å². The van der Waals surface area contributed by atoms with Gasteiger partial charge in [0.1, 0.15) is 12.4 Å². The number of aromatic nitrogens is 2. The highest BCUT2D eigenvalue weighted by Gasteiger charge is 2.09. The van der Waals surface area contributed by atoms with E-state index >= 15 is 0 Å². The van der Waals surface area contributed by atoms with Crippen LogP contribution in [0.2, 0.25) is 5.02 Å². The Balaban J connectivity index is 2.17. The fourth-order valence-corrected chi connectivity index (χ4v) is 2.07. The summed E-state index contributed by atoms with van der Waals surface area (Å²) < 4.78 is 7.57. The number of benzene rings is 1. The van der Waals surface area contributed by atoms with Gasteiger partial charge in [-0.2, -0.15) is 5.10 Å². The fourth-order valence-electron chi connectivity index (χ4n) is 1.82. The minimum absolute atomic E-state index is 0.403. The van der Waals surface area contributed by atoms with Gasteiger partial charge in [0.05, 0.1) is 16.4 Å². The summed E-state index contributed by atoms with van der Waals surface area (Å²) in [5.41, 5.74) is 8.53. The van der Waals surface area contributed by atoms with Gasteiger partial charge in [0.15, 0.2) is 0 Å². The minimum atomic E-state index is 0.403. The average molecular weight is 266 g/mol. The van der Waals surface area contributed by atoms with Gasteiger partial charge in [-0.05, 0) is 19.1 Å². The second kappa shape index (κ2) is 5.42. The quantitative estimate of drug-likeness (QED) is 0.924. The van der Waals surface area contributed by atoms with E-state index in [-0.39, 0.29) is 0 Å². The number of para-hydroxylation sites is 1. The second-order valence-electron chi connectivity index (χ2n) is 4.12. The topological polar surface area (TPSA) is 53.1 Å². The van der Waals surface area contributed by atoms with E-state index < -0.39 is 0 Å². The Kier molecular flexibility index (Phi) is 3.89. The minimum Gasteiger partial charge on any atom is -0.485 e. The van der Waals surface area contributed by atoms with Crippen molar-refractivity contribution in [3.05, 3.63) is 46.2 Å². The van der Waals surface area contributed by atoms with Crippen LogP contribution in [0.25, 0.3) is 0 Å². The first-order chi connectivity index (χ1) is 8.61. The Morgan fingerprint density at radius 3 is 2.83 bits per heavy atom. The molecule has 2 aromatic rings. The van der Waals surface area contributed by atoms with Crippen LogP contribution in [0.1, 0.15) is 17.0 Å². The molecule has 0 atom stereocenters. The zero-order chi connectivity index (χ0) is 13.1. The van der Waals surface area contributed by atoms with E-state index in [0.717, 1.165) is 17.0 Å². The monoisotopic (exact) mass is 265 g/mol. The summed E-state index contributed by atoms with van der Waals surface area (Å²) >= 11 is 6.12. The normalized spacial score (nSPS) is 10.7. The van der Waals surface area contributed by atoms with Gasteiger partial charge in [-0.1, -0.05) is 23.7 Å². The molecular formula is C13H16ClN3O.